The molecule has 0 radical (unpaired) electrons. The third-order valence-corrected chi connectivity index (χ3v) is 2.49. The summed E-state index contributed by atoms with van der Waals surface area (Å²) in [6, 6.07) is 7.41. The van der Waals surface area contributed by atoms with Gasteiger partial charge in [0, 0.05) is 24.3 Å². The van der Waals surface area contributed by atoms with Crippen molar-refractivity contribution in [2.75, 3.05) is 0 Å². The minimum absolute atomic E-state index is 0.193. The molecule has 0 fully saturated rings. The molecule has 0 aliphatic rings. The first-order valence-corrected chi connectivity index (χ1v) is 5.30. The van der Waals surface area contributed by atoms with Crippen LogP contribution in [0, 0.1) is 12.3 Å². The van der Waals surface area contributed by atoms with Gasteiger partial charge in [0.05, 0.1) is 0 Å². The molecule has 0 aliphatic carbocycles. The summed E-state index contributed by atoms with van der Waals surface area (Å²) in [4.78, 5) is 11.5. The van der Waals surface area contributed by atoms with Gasteiger partial charge in [-0.15, -0.1) is 12.3 Å². The molecule has 0 saturated carbocycles. The molecule has 15 heavy (non-hydrogen) atoms. The first kappa shape index (κ1) is 11.8. The number of unbranched alkanes of at least 4 members (excludes halogenated alkanes) is 1. The van der Waals surface area contributed by atoms with E-state index < -0.39 is 0 Å². The monoisotopic (exact) mass is 220 g/mol. The Morgan fingerprint density at radius 1 is 1.40 bits per heavy atom. The van der Waals surface area contributed by atoms with Gasteiger partial charge in [0.1, 0.15) is 5.78 Å². The maximum Gasteiger partial charge on any atom is 0.137 e. The SMILES string of the molecule is C#CCCCC(=O)Cc1ccccc1Cl. The lowest BCUT2D eigenvalue weighted by atomic mass is 10.1. The fraction of sp³-hybridized carbons (Fsp3) is 0.308. The molecule has 0 N–H and O–H groups in total. The van der Waals surface area contributed by atoms with Crippen molar-refractivity contribution < 1.29 is 4.79 Å². The van der Waals surface area contributed by atoms with E-state index in [2.05, 4.69) is 5.92 Å². The van der Waals surface area contributed by atoms with Gasteiger partial charge in [-0.3, -0.25) is 4.79 Å². The molecule has 0 aromatic heterocycles. The van der Waals surface area contributed by atoms with Crippen molar-refractivity contribution in [1.82, 2.24) is 0 Å². The Kier molecular flexibility index (Phi) is 4.93. The molecule has 0 saturated heterocycles. The molecular weight excluding hydrogens is 208 g/mol. The van der Waals surface area contributed by atoms with Crippen molar-refractivity contribution in [3.05, 3.63) is 34.9 Å². The number of hydrogen-bond donors (Lipinski definition) is 0. The maximum atomic E-state index is 11.5. The van der Waals surface area contributed by atoms with E-state index >= 15 is 0 Å². The van der Waals surface area contributed by atoms with E-state index in [4.69, 9.17) is 18.0 Å². The number of benzene rings is 1. The van der Waals surface area contributed by atoms with Crippen molar-refractivity contribution in [1.29, 1.82) is 0 Å². The molecule has 0 bridgehead atoms. The molecule has 0 atom stereocenters. The molecule has 1 aromatic rings. The van der Waals surface area contributed by atoms with Crippen molar-refractivity contribution in [3.63, 3.8) is 0 Å². The minimum Gasteiger partial charge on any atom is -0.299 e. The molecule has 78 valence electrons. The summed E-state index contributed by atoms with van der Waals surface area (Å²) in [5.74, 6) is 2.71. The number of terminal acetylenes is 1. The van der Waals surface area contributed by atoms with E-state index in [0.717, 1.165) is 12.0 Å². The molecular formula is C13H13ClO. The van der Waals surface area contributed by atoms with E-state index in [-0.39, 0.29) is 5.78 Å². The number of Topliss-reactive ketones (excluding diaryl/α,β-unsaturated/α-hetero) is 1. The second-order valence-corrected chi connectivity index (χ2v) is 3.77. The van der Waals surface area contributed by atoms with Crippen molar-refractivity contribution in [2.24, 2.45) is 0 Å². The zero-order chi connectivity index (χ0) is 11.1. The molecule has 0 heterocycles. The van der Waals surface area contributed by atoms with Crippen LogP contribution in [-0.4, -0.2) is 5.78 Å². The van der Waals surface area contributed by atoms with E-state index in [9.17, 15) is 4.79 Å². The predicted molar refractivity (Wildman–Crippen MR) is 62.8 cm³/mol. The Labute approximate surface area is 95.5 Å². The first-order chi connectivity index (χ1) is 7.24. The summed E-state index contributed by atoms with van der Waals surface area (Å²) >= 11 is 5.95. The fourth-order valence-electron chi connectivity index (χ4n) is 1.33. The molecule has 1 rings (SSSR count). The number of ketones is 1. The van der Waals surface area contributed by atoms with Crippen LogP contribution in [0.3, 0.4) is 0 Å². The predicted octanol–water partition coefficient (Wildman–Crippen LogP) is 3.26. The van der Waals surface area contributed by atoms with Crippen LogP contribution in [0.2, 0.25) is 5.02 Å². The molecule has 0 unspecified atom stereocenters. The highest BCUT2D eigenvalue weighted by Crippen LogP contribution is 2.16. The summed E-state index contributed by atoms with van der Waals surface area (Å²) in [6.07, 6.45) is 7.48. The van der Waals surface area contributed by atoms with Crippen LogP contribution in [0.4, 0.5) is 0 Å². The average Bonchev–Trinajstić information content (AvgIpc) is 2.22. The zero-order valence-electron chi connectivity index (χ0n) is 8.50. The van der Waals surface area contributed by atoms with Gasteiger partial charge in [-0.1, -0.05) is 29.8 Å². The molecule has 0 amide bonds. The Balaban J connectivity index is 2.45. The second kappa shape index (κ2) is 6.27. The van der Waals surface area contributed by atoms with Crippen LogP contribution in [0.25, 0.3) is 0 Å². The largest absolute Gasteiger partial charge is 0.299 e. The Hall–Kier alpha value is -1.26. The molecule has 2 heteroatoms. The van der Waals surface area contributed by atoms with Gasteiger partial charge in [0.2, 0.25) is 0 Å². The number of hydrogen-bond acceptors (Lipinski definition) is 1. The average molecular weight is 221 g/mol. The normalized spacial score (nSPS) is 9.60. The number of carbonyl (C=O) groups is 1. The maximum absolute atomic E-state index is 11.5. The fourth-order valence-corrected chi connectivity index (χ4v) is 1.53. The van der Waals surface area contributed by atoms with E-state index in [1.54, 1.807) is 6.07 Å². The highest BCUT2D eigenvalue weighted by molar-refractivity contribution is 6.31. The second-order valence-electron chi connectivity index (χ2n) is 3.36. The quantitative estimate of drug-likeness (QED) is 0.550. The van der Waals surface area contributed by atoms with Gasteiger partial charge < -0.3 is 0 Å². The lowest BCUT2D eigenvalue weighted by Gasteiger charge is -2.02. The number of halogens is 1. The van der Waals surface area contributed by atoms with Crippen LogP contribution < -0.4 is 0 Å². The van der Waals surface area contributed by atoms with E-state index in [0.29, 0.717) is 24.3 Å². The van der Waals surface area contributed by atoms with Crippen LogP contribution >= 0.6 is 11.6 Å². The number of carbonyl (C=O) groups excluding carboxylic acids is 1. The summed E-state index contributed by atoms with van der Waals surface area (Å²) in [6.45, 7) is 0. The molecule has 1 nitrogen and oxygen atoms in total. The van der Waals surface area contributed by atoms with Gasteiger partial charge in [-0.05, 0) is 18.1 Å². The lowest BCUT2D eigenvalue weighted by molar-refractivity contribution is -0.118. The van der Waals surface area contributed by atoms with Crippen molar-refractivity contribution in [3.8, 4) is 12.3 Å². The van der Waals surface area contributed by atoms with Crippen molar-refractivity contribution in [2.45, 2.75) is 25.7 Å². The van der Waals surface area contributed by atoms with E-state index in [1.165, 1.54) is 0 Å². The van der Waals surface area contributed by atoms with Crippen LogP contribution in [0.5, 0.6) is 0 Å². The third kappa shape index (κ3) is 4.18. The van der Waals surface area contributed by atoms with Crippen LogP contribution in [0.15, 0.2) is 24.3 Å². The van der Waals surface area contributed by atoms with Gasteiger partial charge >= 0.3 is 0 Å². The summed E-state index contributed by atoms with van der Waals surface area (Å²) in [5.41, 5.74) is 0.893. The van der Waals surface area contributed by atoms with Gasteiger partial charge in [-0.25, -0.2) is 0 Å². The highest BCUT2D eigenvalue weighted by Gasteiger charge is 2.05. The molecule has 0 spiro atoms. The summed E-state index contributed by atoms with van der Waals surface area (Å²) in [7, 11) is 0. The topological polar surface area (TPSA) is 17.1 Å². The number of rotatable bonds is 5. The van der Waals surface area contributed by atoms with Crippen LogP contribution in [-0.2, 0) is 11.2 Å². The lowest BCUT2D eigenvalue weighted by Crippen LogP contribution is -2.02. The summed E-state index contributed by atoms with van der Waals surface area (Å²) < 4.78 is 0. The van der Waals surface area contributed by atoms with Crippen molar-refractivity contribution >= 4 is 17.4 Å². The molecule has 1 aromatic carbocycles. The highest BCUT2D eigenvalue weighted by atomic mass is 35.5. The van der Waals surface area contributed by atoms with E-state index in [1.807, 2.05) is 18.2 Å². The third-order valence-electron chi connectivity index (χ3n) is 2.12. The standard InChI is InChI=1S/C13H13ClO/c1-2-3-4-8-12(15)10-11-7-5-6-9-13(11)14/h1,5-7,9H,3-4,8,10H2. The zero-order valence-corrected chi connectivity index (χ0v) is 9.26. The van der Waals surface area contributed by atoms with Crippen LogP contribution in [0.1, 0.15) is 24.8 Å². The smallest absolute Gasteiger partial charge is 0.137 e. The Morgan fingerprint density at radius 2 is 2.13 bits per heavy atom. The van der Waals surface area contributed by atoms with Gasteiger partial charge in [0.15, 0.2) is 0 Å². The molecule has 0 aliphatic heterocycles. The minimum atomic E-state index is 0.193. The Morgan fingerprint density at radius 3 is 2.80 bits per heavy atom. The van der Waals surface area contributed by atoms with Gasteiger partial charge in [-0.2, -0.15) is 0 Å². The van der Waals surface area contributed by atoms with Gasteiger partial charge in [0.25, 0.3) is 0 Å². The first-order valence-electron chi connectivity index (χ1n) is 4.92. The summed E-state index contributed by atoms with van der Waals surface area (Å²) in [5, 5.41) is 0.655. The Bertz CT molecular complexity index is 376.